The minimum atomic E-state index is -1.20. The van der Waals surface area contributed by atoms with E-state index in [0.717, 1.165) is 5.56 Å². The maximum Gasteiger partial charge on any atom is 0.322 e. The van der Waals surface area contributed by atoms with Crippen LogP contribution in [0.15, 0.2) is 24.3 Å². The number of carboxylic acids is 1. The molecule has 0 fully saturated rings. The van der Waals surface area contributed by atoms with Crippen molar-refractivity contribution < 1.29 is 29.4 Å². The number of amides is 3. The van der Waals surface area contributed by atoms with Crippen LogP contribution >= 0.6 is 11.8 Å². The lowest BCUT2D eigenvalue weighted by Crippen LogP contribution is -2.53. The molecule has 0 aliphatic carbocycles. The van der Waals surface area contributed by atoms with E-state index < -0.39 is 48.9 Å². The molecule has 3 amide bonds. The van der Waals surface area contributed by atoms with Crippen LogP contribution in [0, 0.1) is 0 Å². The smallest absolute Gasteiger partial charge is 0.322 e. The monoisotopic (exact) mass is 426 g/mol. The second kappa shape index (κ2) is 12.6. The molecule has 0 radical (unpaired) electrons. The average Bonchev–Trinajstić information content (AvgIpc) is 2.69. The second-order valence-corrected chi connectivity index (χ2v) is 7.19. The van der Waals surface area contributed by atoms with Gasteiger partial charge in [-0.25, -0.2) is 0 Å². The van der Waals surface area contributed by atoms with Gasteiger partial charge in [0.15, 0.2) is 0 Å². The van der Waals surface area contributed by atoms with Gasteiger partial charge in [0.1, 0.15) is 18.3 Å². The van der Waals surface area contributed by atoms with Gasteiger partial charge >= 0.3 is 5.97 Å². The van der Waals surface area contributed by atoms with Gasteiger partial charge in [0.2, 0.25) is 17.7 Å². The third-order valence-electron chi connectivity index (χ3n) is 3.83. The van der Waals surface area contributed by atoms with E-state index in [9.17, 15) is 24.3 Å². The Balaban J connectivity index is 2.60. The van der Waals surface area contributed by atoms with Gasteiger partial charge in [0.05, 0.1) is 12.6 Å². The summed E-state index contributed by atoms with van der Waals surface area (Å²) in [6.45, 7) is -0.954. The van der Waals surface area contributed by atoms with Crippen molar-refractivity contribution in [2.24, 2.45) is 5.73 Å². The molecule has 2 atom stereocenters. The van der Waals surface area contributed by atoms with Crippen LogP contribution < -0.4 is 21.7 Å². The number of phenols is 1. The fourth-order valence-electron chi connectivity index (χ4n) is 2.29. The van der Waals surface area contributed by atoms with Crippen LogP contribution in [0.4, 0.5) is 0 Å². The summed E-state index contributed by atoms with van der Waals surface area (Å²) in [5, 5.41) is 24.9. The predicted molar refractivity (Wildman–Crippen MR) is 108 cm³/mol. The van der Waals surface area contributed by atoms with E-state index >= 15 is 0 Å². The van der Waals surface area contributed by atoms with Crippen LogP contribution in [-0.2, 0) is 25.6 Å². The largest absolute Gasteiger partial charge is 0.508 e. The number of rotatable bonds is 12. The molecule has 0 aliphatic heterocycles. The SMILES string of the molecule is CSCCC(NC(=O)C(N)Cc1ccc(O)cc1)C(=O)NCC(=O)NCC(=O)O. The Kier molecular flexibility index (Phi) is 10.6. The number of thioether (sulfide) groups is 1. The zero-order valence-electron chi connectivity index (χ0n) is 16.0. The molecule has 0 aliphatic rings. The summed E-state index contributed by atoms with van der Waals surface area (Å²) in [5.74, 6) is -2.23. The first kappa shape index (κ1) is 24.2. The van der Waals surface area contributed by atoms with Gasteiger partial charge in [-0.05, 0) is 42.5 Å². The Morgan fingerprint density at radius 1 is 1.07 bits per heavy atom. The predicted octanol–water partition coefficient (Wildman–Crippen LogP) is -1.18. The number of phenolic OH excluding ortho intramolecular Hbond substituents is 1. The third kappa shape index (κ3) is 9.81. The molecular weight excluding hydrogens is 400 g/mol. The van der Waals surface area contributed by atoms with Crippen molar-refractivity contribution in [3.8, 4) is 5.75 Å². The number of benzene rings is 1. The van der Waals surface area contributed by atoms with Crippen molar-refractivity contribution in [2.75, 3.05) is 25.1 Å². The van der Waals surface area contributed by atoms with Crippen LogP contribution in [0.25, 0.3) is 0 Å². The normalized spacial score (nSPS) is 12.5. The Labute approximate surface area is 172 Å². The Morgan fingerprint density at radius 2 is 1.72 bits per heavy atom. The number of carboxylic acid groups (broad SMARTS) is 1. The highest BCUT2D eigenvalue weighted by atomic mass is 32.2. The first-order valence-electron chi connectivity index (χ1n) is 8.82. The quantitative estimate of drug-likeness (QED) is 0.242. The Bertz CT molecular complexity index is 713. The lowest BCUT2D eigenvalue weighted by atomic mass is 10.1. The van der Waals surface area contributed by atoms with Crippen LogP contribution in [0.3, 0.4) is 0 Å². The van der Waals surface area contributed by atoms with Gasteiger partial charge in [-0.3, -0.25) is 19.2 Å². The second-order valence-electron chi connectivity index (χ2n) is 6.21. The summed E-state index contributed by atoms with van der Waals surface area (Å²) in [5.41, 5.74) is 6.68. The maximum atomic E-state index is 12.4. The molecule has 0 heterocycles. The molecule has 1 rings (SSSR count). The number of aromatic hydroxyl groups is 1. The average molecular weight is 426 g/mol. The minimum absolute atomic E-state index is 0.105. The van der Waals surface area contributed by atoms with E-state index in [0.29, 0.717) is 12.2 Å². The van der Waals surface area contributed by atoms with Crippen molar-refractivity contribution >= 4 is 35.5 Å². The molecular formula is C18H26N4O6S. The summed E-state index contributed by atoms with van der Waals surface area (Å²) in [4.78, 5) is 46.7. The van der Waals surface area contributed by atoms with E-state index in [1.165, 1.54) is 23.9 Å². The Morgan fingerprint density at radius 3 is 2.31 bits per heavy atom. The van der Waals surface area contributed by atoms with Crippen molar-refractivity contribution in [1.29, 1.82) is 0 Å². The summed E-state index contributed by atoms with van der Waals surface area (Å²) in [7, 11) is 0. The zero-order valence-corrected chi connectivity index (χ0v) is 16.8. The summed E-state index contributed by atoms with van der Waals surface area (Å²) >= 11 is 1.49. The van der Waals surface area contributed by atoms with E-state index in [-0.39, 0.29) is 12.2 Å². The van der Waals surface area contributed by atoms with Gasteiger partial charge in [-0.15, -0.1) is 0 Å². The number of hydrogen-bond donors (Lipinski definition) is 6. The highest BCUT2D eigenvalue weighted by Gasteiger charge is 2.24. The number of nitrogens with two attached hydrogens (primary N) is 1. The molecule has 0 bridgehead atoms. The molecule has 1 aromatic rings. The number of carbonyl (C=O) groups excluding carboxylic acids is 3. The summed E-state index contributed by atoms with van der Waals surface area (Å²) in [6, 6.07) is 4.50. The van der Waals surface area contributed by atoms with Crippen LogP contribution in [0.2, 0.25) is 0 Å². The van der Waals surface area contributed by atoms with E-state index in [1.807, 2.05) is 6.26 Å². The molecule has 160 valence electrons. The van der Waals surface area contributed by atoms with Gasteiger partial charge in [-0.2, -0.15) is 11.8 Å². The third-order valence-corrected chi connectivity index (χ3v) is 4.48. The van der Waals surface area contributed by atoms with Gasteiger partial charge in [0.25, 0.3) is 0 Å². The lowest BCUT2D eigenvalue weighted by Gasteiger charge is -2.20. The van der Waals surface area contributed by atoms with Crippen LogP contribution in [0.1, 0.15) is 12.0 Å². The van der Waals surface area contributed by atoms with E-state index in [1.54, 1.807) is 12.1 Å². The van der Waals surface area contributed by atoms with E-state index in [4.69, 9.17) is 10.8 Å². The van der Waals surface area contributed by atoms with Crippen molar-refractivity contribution in [3.05, 3.63) is 29.8 Å². The fraction of sp³-hybridized carbons (Fsp3) is 0.444. The summed E-state index contributed by atoms with van der Waals surface area (Å²) in [6.07, 6.45) is 2.41. The molecule has 11 heteroatoms. The number of hydrogen-bond acceptors (Lipinski definition) is 7. The fourth-order valence-corrected chi connectivity index (χ4v) is 2.76. The highest BCUT2D eigenvalue weighted by molar-refractivity contribution is 7.98. The van der Waals surface area contributed by atoms with Gasteiger partial charge < -0.3 is 31.9 Å². The van der Waals surface area contributed by atoms with Crippen LogP contribution in [-0.4, -0.2) is 71.1 Å². The van der Waals surface area contributed by atoms with Crippen molar-refractivity contribution in [1.82, 2.24) is 16.0 Å². The molecule has 0 saturated heterocycles. The molecule has 7 N–H and O–H groups in total. The molecule has 0 aromatic heterocycles. The number of nitrogens with one attached hydrogen (secondary N) is 3. The molecule has 10 nitrogen and oxygen atoms in total. The molecule has 0 saturated carbocycles. The van der Waals surface area contributed by atoms with Crippen molar-refractivity contribution in [2.45, 2.75) is 24.9 Å². The van der Waals surface area contributed by atoms with Gasteiger partial charge in [-0.1, -0.05) is 12.1 Å². The summed E-state index contributed by atoms with van der Waals surface area (Å²) < 4.78 is 0. The molecule has 1 aromatic carbocycles. The Hall–Kier alpha value is -2.79. The molecule has 29 heavy (non-hydrogen) atoms. The first-order chi connectivity index (χ1) is 13.7. The molecule has 0 spiro atoms. The topological polar surface area (TPSA) is 171 Å². The minimum Gasteiger partial charge on any atom is -0.508 e. The van der Waals surface area contributed by atoms with E-state index in [2.05, 4.69) is 16.0 Å². The van der Waals surface area contributed by atoms with Crippen LogP contribution in [0.5, 0.6) is 5.75 Å². The highest BCUT2D eigenvalue weighted by Crippen LogP contribution is 2.11. The first-order valence-corrected chi connectivity index (χ1v) is 10.2. The zero-order chi connectivity index (χ0) is 21.8. The standard InChI is InChI=1S/C18H26N4O6S/c1-29-7-6-14(18(28)21-9-15(24)20-10-16(25)26)22-17(27)13(19)8-11-2-4-12(23)5-3-11/h2-5,13-14,23H,6-10,19H2,1H3,(H,20,24)(H,21,28)(H,22,27)(H,25,26). The number of aliphatic carboxylic acids is 1. The van der Waals surface area contributed by atoms with Gasteiger partial charge in [0, 0.05) is 0 Å². The maximum absolute atomic E-state index is 12.4. The number of carbonyl (C=O) groups is 4. The lowest BCUT2D eigenvalue weighted by molar-refractivity contribution is -0.138. The molecule has 2 unspecified atom stereocenters. The van der Waals surface area contributed by atoms with Crippen molar-refractivity contribution in [3.63, 3.8) is 0 Å².